The van der Waals surface area contributed by atoms with Crippen molar-refractivity contribution in [2.75, 3.05) is 13.1 Å². The highest BCUT2D eigenvalue weighted by Crippen LogP contribution is 2.33. The molecule has 8 nitrogen and oxygen atoms in total. The van der Waals surface area contributed by atoms with Crippen molar-refractivity contribution < 1.29 is 0 Å². The Morgan fingerprint density at radius 3 is 2.47 bits per heavy atom. The zero-order valence-electron chi connectivity index (χ0n) is 20.4. The third kappa shape index (κ3) is 4.29. The Bertz CT molecular complexity index is 1700. The maximum absolute atomic E-state index is 4.92. The van der Waals surface area contributed by atoms with Crippen molar-refractivity contribution in [3.05, 3.63) is 107 Å². The van der Waals surface area contributed by atoms with Gasteiger partial charge in [0, 0.05) is 49.1 Å². The number of fused-ring (bicyclic) bond motifs is 1. The number of likely N-dealkylation sites (tertiary alicyclic amines) is 1. The van der Waals surface area contributed by atoms with Crippen LogP contribution in [-0.2, 0) is 6.54 Å². The van der Waals surface area contributed by atoms with E-state index >= 15 is 0 Å². The lowest BCUT2D eigenvalue weighted by molar-refractivity contribution is 0.135. The molecule has 2 aromatic carbocycles. The molecule has 1 N–H and O–H groups in total. The molecule has 0 radical (unpaired) electrons. The van der Waals surface area contributed by atoms with E-state index in [4.69, 9.17) is 4.98 Å². The lowest BCUT2D eigenvalue weighted by atomic mass is 9.97. The second-order valence-electron chi connectivity index (χ2n) is 9.47. The highest BCUT2D eigenvalue weighted by atomic mass is 79.9. The molecule has 4 aromatic heterocycles. The quantitative estimate of drug-likeness (QED) is 0.284. The van der Waals surface area contributed by atoms with Gasteiger partial charge in [0.05, 0.1) is 11.9 Å². The fourth-order valence-electron chi connectivity index (χ4n) is 4.90. The number of benzene rings is 2. The van der Waals surface area contributed by atoms with Gasteiger partial charge < -0.3 is 0 Å². The van der Waals surface area contributed by atoms with Crippen LogP contribution in [0.3, 0.4) is 0 Å². The van der Waals surface area contributed by atoms with E-state index in [2.05, 4.69) is 88.6 Å². The molecule has 0 atom stereocenters. The van der Waals surface area contributed by atoms with Crippen LogP contribution in [0.25, 0.3) is 39.7 Å². The normalized spacial score (nSPS) is 14.1. The van der Waals surface area contributed by atoms with E-state index < -0.39 is 0 Å². The maximum atomic E-state index is 4.92. The van der Waals surface area contributed by atoms with Crippen LogP contribution < -0.4 is 0 Å². The zero-order chi connectivity index (χ0) is 25.5. The Kier molecular flexibility index (Phi) is 5.79. The first-order valence-electron chi connectivity index (χ1n) is 12.5. The van der Waals surface area contributed by atoms with Gasteiger partial charge in [0.15, 0.2) is 11.6 Å². The molecule has 38 heavy (non-hydrogen) atoms. The summed E-state index contributed by atoms with van der Waals surface area (Å²) >= 11 is 3.57. The fourth-order valence-corrected chi connectivity index (χ4v) is 5.26. The van der Waals surface area contributed by atoms with Gasteiger partial charge in [-0.3, -0.25) is 19.4 Å². The number of rotatable bonds is 6. The summed E-state index contributed by atoms with van der Waals surface area (Å²) in [5.74, 6) is 2.58. The van der Waals surface area contributed by atoms with Crippen LogP contribution in [0.5, 0.6) is 0 Å². The number of nitrogens with zero attached hydrogens (tertiary/aromatic N) is 7. The lowest BCUT2D eigenvalue weighted by Crippen LogP contribution is -2.44. The molecule has 1 saturated heterocycles. The first kappa shape index (κ1) is 22.9. The topological polar surface area (TPSA) is 87.9 Å². The van der Waals surface area contributed by atoms with E-state index in [0.717, 1.165) is 64.0 Å². The number of hydrogen-bond acceptors (Lipinski definition) is 6. The monoisotopic (exact) mass is 562 g/mol. The molecule has 5 heterocycles. The van der Waals surface area contributed by atoms with Crippen LogP contribution >= 0.6 is 15.9 Å². The number of aromatic amines is 1. The minimum absolute atomic E-state index is 0.334. The number of halogens is 1. The van der Waals surface area contributed by atoms with E-state index in [-0.39, 0.29) is 0 Å². The van der Waals surface area contributed by atoms with Crippen LogP contribution in [0.4, 0.5) is 0 Å². The number of hydrogen-bond donors (Lipinski definition) is 1. The molecule has 186 valence electrons. The van der Waals surface area contributed by atoms with Gasteiger partial charge in [0.1, 0.15) is 10.3 Å². The summed E-state index contributed by atoms with van der Waals surface area (Å²) in [5, 5.41) is 7.47. The van der Waals surface area contributed by atoms with Crippen molar-refractivity contribution in [1.82, 2.24) is 39.4 Å². The Balaban J connectivity index is 1.07. The molecular weight excluding hydrogens is 540 g/mol. The smallest absolute Gasteiger partial charge is 0.235 e. The van der Waals surface area contributed by atoms with Crippen molar-refractivity contribution >= 4 is 21.7 Å². The minimum Gasteiger partial charge on any atom is -0.298 e. The molecular formula is C29H23BrN8. The Morgan fingerprint density at radius 1 is 0.868 bits per heavy atom. The molecule has 9 heteroatoms. The highest BCUT2D eigenvalue weighted by Gasteiger charge is 2.31. The van der Waals surface area contributed by atoms with Crippen LogP contribution in [0, 0.1) is 0 Å². The minimum atomic E-state index is 0.334. The summed E-state index contributed by atoms with van der Waals surface area (Å²) in [4.78, 5) is 20.8. The molecule has 6 aromatic rings. The maximum Gasteiger partial charge on any atom is 0.235 e. The van der Waals surface area contributed by atoms with Crippen molar-refractivity contribution in [2.24, 2.45) is 0 Å². The van der Waals surface area contributed by atoms with E-state index in [9.17, 15) is 0 Å². The predicted octanol–water partition coefficient (Wildman–Crippen LogP) is 5.61. The standard InChI is InChI=1S/C29H23BrN8/c30-25-14-32-29-33-26(23(18-38(25)29)20-6-2-1-3-7-20)21-11-9-19(10-12-21)15-37-16-22(17-37)27-34-28(36-35-27)24-8-4-5-13-31-24/h1-14,18,22H,15-17H2,(H,34,35,36). The average molecular weight is 563 g/mol. The summed E-state index contributed by atoms with van der Waals surface area (Å²) in [7, 11) is 0. The molecule has 1 fully saturated rings. The molecule has 0 aliphatic carbocycles. The Labute approximate surface area is 227 Å². The van der Waals surface area contributed by atoms with Gasteiger partial charge in [-0.2, -0.15) is 5.10 Å². The lowest BCUT2D eigenvalue weighted by Gasteiger charge is -2.37. The largest absolute Gasteiger partial charge is 0.298 e. The van der Waals surface area contributed by atoms with Crippen LogP contribution in [0.2, 0.25) is 0 Å². The SMILES string of the molecule is Brc1cnc2nc(-c3ccc(CN4CC(c5n[nH]c(-c6ccccn6)n5)C4)cc3)c(-c3ccccc3)cn12. The molecule has 1 aliphatic rings. The number of imidazole rings is 1. The van der Waals surface area contributed by atoms with Crippen molar-refractivity contribution in [3.8, 4) is 33.9 Å². The van der Waals surface area contributed by atoms with E-state index in [0.29, 0.717) is 11.7 Å². The predicted molar refractivity (Wildman–Crippen MR) is 149 cm³/mol. The molecule has 1 aliphatic heterocycles. The summed E-state index contributed by atoms with van der Waals surface area (Å²) in [6.45, 7) is 2.76. The summed E-state index contributed by atoms with van der Waals surface area (Å²) < 4.78 is 2.85. The number of nitrogens with one attached hydrogen (secondary N) is 1. The second-order valence-corrected chi connectivity index (χ2v) is 10.3. The van der Waals surface area contributed by atoms with E-state index in [1.165, 1.54) is 5.56 Å². The first-order valence-corrected chi connectivity index (χ1v) is 13.2. The summed E-state index contributed by atoms with van der Waals surface area (Å²) in [6, 6.07) is 24.8. The Hall–Kier alpha value is -4.21. The molecule has 0 bridgehead atoms. The number of pyridine rings is 1. The third-order valence-electron chi connectivity index (χ3n) is 6.91. The van der Waals surface area contributed by atoms with Crippen LogP contribution in [0.1, 0.15) is 17.3 Å². The fraction of sp³-hybridized carbons (Fsp3) is 0.138. The molecule has 0 amide bonds. The second kappa shape index (κ2) is 9.59. The molecule has 0 saturated carbocycles. The van der Waals surface area contributed by atoms with Gasteiger partial charge in [-0.1, -0.05) is 60.7 Å². The van der Waals surface area contributed by atoms with Gasteiger partial charge >= 0.3 is 0 Å². The van der Waals surface area contributed by atoms with Crippen LogP contribution in [0.15, 0.2) is 96.0 Å². The number of aromatic nitrogens is 7. The Morgan fingerprint density at radius 2 is 1.68 bits per heavy atom. The third-order valence-corrected chi connectivity index (χ3v) is 7.49. The molecule has 0 unspecified atom stereocenters. The van der Waals surface area contributed by atoms with Gasteiger partial charge in [0.2, 0.25) is 5.78 Å². The molecule has 0 spiro atoms. The highest BCUT2D eigenvalue weighted by molar-refractivity contribution is 9.10. The van der Waals surface area contributed by atoms with Crippen molar-refractivity contribution in [3.63, 3.8) is 0 Å². The summed E-state index contributed by atoms with van der Waals surface area (Å²) in [6.07, 6.45) is 5.64. The van der Waals surface area contributed by atoms with E-state index in [1.54, 1.807) is 12.4 Å². The number of H-pyrrole nitrogens is 1. The summed E-state index contributed by atoms with van der Waals surface area (Å²) in [5.41, 5.74) is 6.25. The van der Waals surface area contributed by atoms with Gasteiger partial charge in [-0.05, 0) is 39.2 Å². The molecule has 7 rings (SSSR count). The first-order chi connectivity index (χ1) is 18.7. The van der Waals surface area contributed by atoms with E-state index in [1.807, 2.05) is 40.8 Å². The zero-order valence-corrected chi connectivity index (χ0v) is 22.0. The van der Waals surface area contributed by atoms with Crippen molar-refractivity contribution in [2.45, 2.75) is 12.5 Å². The van der Waals surface area contributed by atoms with Gasteiger partial charge in [0.25, 0.3) is 0 Å². The van der Waals surface area contributed by atoms with Gasteiger partial charge in [-0.15, -0.1) is 0 Å². The van der Waals surface area contributed by atoms with Crippen molar-refractivity contribution in [1.29, 1.82) is 0 Å². The van der Waals surface area contributed by atoms with Crippen LogP contribution in [-0.4, -0.2) is 52.5 Å². The van der Waals surface area contributed by atoms with Gasteiger partial charge in [-0.25, -0.2) is 15.0 Å². The average Bonchev–Trinajstić information content (AvgIpc) is 3.58.